The molecular formula is C16H21NO5S. The van der Waals surface area contributed by atoms with Crippen LogP contribution < -0.4 is 5.32 Å². The molecule has 0 heterocycles. The quantitative estimate of drug-likeness (QED) is 0.848. The van der Waals surface area contributed by atoms with Crippen LogP contribution in [0.1, 0.15) is 32.8 Å². The summed E-state index contributed by atoms with van der Waals surface area (Å²) in [5.41, 5.74) is -1.20. The van der Waals surface area contributed by atoms with E-state index in [9.17, 15) is 18.0 Å². The van der Waals surface area contributed by atoms with Gasteiger partial charge in [-0.15, -0.1) is 0 Å². The van der Waals surface area contributed by atoms with Gasteiger partial charge in [0, 0.05) is 0 Å². The Kier molecular flexibility index (Phi) is 4.28. The Morgan fingerprint density at radius 3 is 2.35 bits per heavy atom. The van der Waals surface area contributed by atoms with Crippen molar-refractivity contribution in [2.45, 2.75) is 55.4 Å². The number of alkyl carbamates (subject to hydrolysis) is 1. The predicted octanol–water partition coefficient (Wildman–Crippen LogP) is 2.00. The standard InChI is InChI=1S/C16H21NO5S/c1-11-5-7-12(8-6-11)23(20,21)13-9-16(13,10-18)17-14(19)22-15(2,3)4/h5-8,10,13H,9H2,1-4H3,(H,17,19)/t13-,16-/m0/s1. The lowest BCUT2D eigenvalue weighted by Crippen LogP contribution is -2.45. The van der Waals surface area contributed by atoms with E-state index in [1.807, 2.05) is 6.92 Å². The first kappa shape index (κ1) is 17.5. The fourth-order valence-corrected chi connectivity index (χ4v) is 4.31. The molecule has 7 heteroatoms. The molecule has 1 aromatic rings. The van der Waals surface area contributed by atoms with Crippen molar-refractivity contribution in [3.8, 4) is 0 Å². The Balaban J connectivity index is 2.18. The van der Waals surface area contributed by atoms with E-state index in [1.54, 1.807) is 32.9 Å². The largest absolute Gasteiger partial charge is 0.444 e. The smallest absolute Gasteiger partial charge is 0.408 e. The van der Waals surface area contributed by atoms with E-state index in [0.717, 1.165) is 5.56 Å². The maximum absolute atomic E-state index is 12.6. The number of amides is 1. The maximum atomic E-state index is 12.6. The van der Waals surface area contributed by atoms with Crippen LogP contribution in [0.5, 0.6) is 0 Å². The molecule has 23 heavy (non-hydrogen) atoms. The van der Waals surface area contributed by atoms with E-state index in [2.05, 4.69) is 5.32 Å². The third-order valence-electron chi connectivity index (χ3n) is 3.61. The summed E-state index contributed by atoms with van der Waals surface area (Å²) in [7, 11) is -3.69. The Hall–Kier alpha value is -1.89. The van der Waals surface area contributed by atoms with Gasteiger partial charge in [0.05, 0.1) is 10.1 Å². The average molecular weight is 339 g/mol. The third-order valence-corrected chi connectivity index (χ3v) is 5.87. The average Bonchev–Trinajstić information content (AvgIpc) is 3.12. The number of sulfone groups is 1. The molecule has 1 aliphatic carbocycles. The lowest BCUT2D eigenvalue weighted by molar-refractivity contribution is -0.110. The molecule has 1 fully saturated rings. The molecule has 2 atom stereocenters. The topological polar surface area (TPSA) is 89.5 Å². The molecule has 1 saturated carbocycles. The molecule has 1 aromatic carbocycles. The minimum absolute atomic E-state index is 0.0476. The van der Waals surface area contributed by atoms with Crippen molar-refractivity contribution in [1.82, 2.24) is 5.32 Å². The number of rotatable bonds is 4. The van der Waals surface area contributed by atoms with Crippen LogP contribution in [-0.4, -0.2) is 37.2 Å². The monoisotopic (exact) mass is 339 g/mol. The zero-order valence-electron chi connectivity index (χ0n) is 13.6. The Morgan fingerprint density at radius 1 is 1.30 bits per heavy atom. The van der Waals surface area contributed by atoms with Crippen molar-refractivity contribution in [3.63, 3.8) is 0 Å². The molecule has 0 radical (unpaired) electrons. The van der Waals surface area contributed by atoms with Gasteiger partial charge >= 0.3 is 6.09 Å². The lowest BCUT2D eigenvalue weighted by Gasteiger charge is -2.21. The van der Waals surface area contributed by atoms with Gasteiger partial charge in [0.25, 0.3) is 0 Å². The van der Waals surface area contributed by atoms with Crippen LogP contribution in [0.4, 0.5) is 4.79 Å². The zero-order chi connectivity index (χ0) is 17.5. The molecule has 2 rings (SSSR count). The SMILES string of the molecule is Cc1ccc(S(=O)(=O)[C@H]2C[C@@]2(C=O)NC(=O)OC(C)(C)C)cc1. The van der Waals surface area contributed by atoms with Crippen molar-refractivity contribution in [3.05, 3.63) is 29.8 Å². The van der Waals surface area contributed by atoms with E-state index in [0.29, 0.717) is 6.29 Å². The molecule has 6 nitrogen and oxygen atoms in total. The lowest BCUT2D eigenvalue weighted by atomic mass is 10.2. The Bertz CT molecular complexity index is 718. The van der Waals surface area contributed by atoms with Crippen LogP contribution in [0.3, 0.4) is 0 Å². The number of aldehydes is 1. The summed E-state index contributed by atoms with van der Waals surface area (Å²) < 4.78 is 30.3. The van der Waals surface area contributed by atoms with Gasteiger partial charge in [-0.2, -0.15) is 0 Å². The predicted molar refractivity (Wildman–Crippen MR) is 84.9 cm³/mol. The molecule has 0 aromatic heterocycles. The third kappa shape index (κ3) is 3.72. The Labute approximate surface area is 136 Å². The summed E-state index contributed by atoms with van der Waals surface area (Å²) in [5.74, 6) is 0. The van der Waals surface area contributed by atoms with Gasteiger partial charge in [-0.25, -0.2) is 13.2 Å². The van der Waals surface area contributed by atoms with E-state index in [1.165, 1.54) is 12.1 Å². The number of carbonyl (C=O) groups is 2. The van der Waals surface area contributed by atoms with Crippen molar-refractivity contribution < 1.29 is 22.7 Å². The van der Waals surface area contributed by atoms with Gasteiger partial charge in [0.2, 0.25) is 0 Å². The number of benzene rings is 1. The van der Waals surface area contributed by atoms with Crippen LogP contribution in [0, 0.1) is 6.92 Å². The fraction of sp³-hybridized carbons (Fsp3) is 0.500. The van der Waals surface area contributed by atoms with Gasteiger partial charge in [-0.05, 0) is 46.2 Å². The van der Waals surface area contributed by atoms with E-state index in [-0.39, 0.29) is 11.3 Å². The highest BCUT2D eigenvalue weighted by Gasteiger charge is 2.63. The molecule has 126 valence electrons. The second-order valence-corrected chi connectivity index (χ2v) is 8.97. The van der Waals surface area contributed by atoms with Crippen molar-refractivity contribution in [1.29, 1.82) is 0 Å². The normalized spacial score (nSPS) is 23.9. The molecule has 0 aliphatic heterocycles. The molecular weight excluding hydrogens is 318 g/mol. The van der Waals surface area contributed by atoms with Crippen molar-refractivity contribution in [2.24, 2.45) is 0 Å². The van der Waals surface area contributed by atoms with Gasteiger partial charge < -0.3 is 14.8 Å². The molecule has 0 saturated heterocycles. The molecule has 0 spiro atoms. The minimum Gasteiger partial charge on any atom is -0.444 e. The van der Waals surface area contributed by atoms with Gasteiger partial charge in [-0.3, -0.25) is 0 Å². The first-order valence-corrected chi connectivity index (χ1v) is 8.83. The second kappa shape index (κ2) is 5.63. The van der Waals surface area contributed by atoms with Crippen LogP contribution in [0.25, 0.3) is 0 Å². The first-order valence-electron chi connectivity index (χ1n) is 7.28. The molecule has 0 bridgehead atoms. The highest BCUT2D eigenvalue weighted by molar-refractivity contribution is 7.92. The van der Waals surface area contributed by atoms with E-state index in [4.69, 9.17) is 4.74 Å². The Morgan fingerprint density at radius 2 is 1.87 bits per heavy atom. The molecule has 1 amide bonds. The summed E-state index contributed by atoms with van der Waals surface area (Å²) in [6, 6.07) is 6.40. The highest BCUT2D eigenvalue weighted by atomic mass is 32.2. The number of aryl methyl sites for hydroxylation is 1. The van der Waals surface area contributed by atoms with Gasteiger partial charge in [0.1, 0.15) is 17.4 Å². The number of hydrogen-bond acceptors (Lipinski definition) is 5. The van der Waals surface area contributed by atoms with Crippen LogP contribution in [0.2, 0.25) is 0 Å². The van der Waals surface area contributed by atoms with E-state index >= 15 is 0 Å². The fourth-order valence-electron chi connectivity index (χ4n) is 2.31. The van der Waals surface area contributed by atoms with E-state index < -0.39 is 32.3 Å². The highest BCUT2D eigenvalue weighted by Crippen LogP contribution is 2.43. The van der Waals surface area contributed by atoms with Crippen LogP contribution in [0.15, 0.2) is 29.2 Å². The second-order valence-electron chi connectivity index (χ2n) is 6.84. The van der Waals surface area contributed by atoms with Crippen LogP contribution in [-0.2, 0) is 19.4 Å². The summed E-state index contributed by atoms with van der Waals surface area (Å²) in [6.07, 6.45) is -0.273. The maximum Gasteiger partial charge on any atom is 0.408 e. The number of carbonyl (C=O) groups excluding carboxylic acids is 2. The summed E-state index contributed by atoms with van der Waals surface area (Å²) in [4.78, 5) is 23.4. The van der Waals surface area contributed by atoms with Gasteiger partial charge in [0.15, 0.2) is 9.84 Å². The van der Waals surface area contributed by atoms with Crippen molar-refractivity contribution >= 4 is 22.2 Å². The van der Waals surface area contributed by atoms with Crippen LogP contribution >= 0.6 is 0 Å². The summed E-state index contributed by atoms with van der Waals surface area (Å²) >= 11 is 0. The molecule has 0 unspecified atom stereocenters. The molecule has 1 N–H and O–H groups in total. The number of hydrogen-bond donors (Lipinski definition) is 1. The number of ether oxygens (including phenoxy) is 1. The summed E-state index contributed by atoms with van der Waals surface area (Å²) in [5, 5.41) is 1.43. The molecule has 1 aliphatic rings. The van der Waals surface area contributed by atoms with Crippen molar-refractivity contribution in [2.75, 3.05) is 0 Å². The summed E-state index contributed by atoms with van der Waals surface area (Å²) in [6.45, 7) is 6.92. The minimum atomic E-state index is -3.69. The first-order chi connectivity index (χ1) is 10.5. The number of nitrogens with one attached hydrogen (secondary N) is 1. The van der Waals surface area contributed by atoms with Gasteiger partial charge in [-0.1, -0.05) is 17.7 Å². The zero-order valence-corrected chi connectivity index (χ0v) is 14.4.